The smallest absolute Gasteiger partial charge is 0.230 e. The van der Waals surface area contributed by atoms with Crippen molar-refractivity contribution in [3.63, 3.8) is 0 Å². The van der Waals surface area contributed by atoms with Gasteiger partial charge in [-0.3, -0.25) is 9.78 Å². The molecule has 0 unspecified atom stereocenters. The molecule has 0 aliphatic rings. The highest BCUT2D eigenvalue weighted by molar-refractivity contribution is 9.10. The fourth-order valence-corrected chi connectivity index (χ4v) is 3.14. The van der Waals surface area contributed by atoms with Crippen molar-refractivity contribution < 1.29 is 4.79 Å². The van der Waals surface area contributed by atoms with Gasteiger partial charge in [-0.25, -0.2) is 4.98 Å². The summed E-state index contributed by atoms with van der Waals surface area (Å²) in [6.45, 7) is 0. The maximum Gasteiger partial charge on any atom is 0.230 e. The zero-order chi connectivity index (χ0) is 15.4. The van der Waals surface area contributed by atoms with Crippen LogP contribution in [-0.4, -0.2) is 15.9 Å². The van der Waals surface area contributed by atoms with Crippen molar-refractivity contribution in [1.29, 1.82) is 0 Å². The van der Waals surface area contributed by atoms with Crippen LogP contribution in [0.2, 0.25) is 0 Å². The van der Waals surface area contributed by atoms with Gasteiger partial charge in [0, 0.05) is 27.8 Å². The molecule has 1 amide bonds. The third kappa shape index (κ3) is 3.58. The Labute approximate surface area is 140 Å². The lowest BCUT2D eigenvalue weighted by Gasteiger charge is -2.04. The summed E-state index contributed by atoms with van der Waals surface area (Å²) in [5, 5.41) is 5.53. The predicted octanol–water partition coefficient (Wildman–Crippen LogP) is 4.15. The van der Waals surface area contributed by atoms with Crippen molar-refractivity contribution in [2.24, 2.45) is 0 Å². The SMILES string of the molecule is O=C(Cc1ccccc1Br)Nc1csc(-c2ccncc2)n1. The van der Waals surface area contributed by atoms with E-state index in [0.29, 0.717) is 12.2 Å². The number of carbonyl (C=O) groups excluding carboxylic acids is 1. The predicted molar refractivity (Wildman–Crippen MR) is 91.8 cm³/mol. The molecule has 0 aliphatic heterocycles. The molecular formula is C16H12BrN3OS. The minimum absolute atomic E-state index is 0.0847. The summed E-state index contributed by atoms with van der Waals surface area (Å²) >= 11 is 4.94. The summed E-state index contributed by atoms with van der Waals surface area (Å²) < 4.78 is 0.931. The molecule has 2 aromatic heterocycles. The van der Waals surface area contributed by atoms with Crippen LogP contribution >= 0.6 is 27.3 Å². The summed E-state index contributed by atoms with van der Waals surface area (Å²) in [6.07, 6.45) is 3.76. The van der Waals surface area contributed by atoms with Crippen molar-refractivity contribution in [3.05, 3.63) is 64.2 Å². The molecule has 0 radical (unpaired) electrons. The third-order valence-electron chi connectivity index (χ3n) is 3.01. The van der Waals surface area contributed by atoms with E-state index >= 15 is 0 Å². The van der Waals surface area contributed by atoms with Crippen molar-refractivity contribution >= 4 is 39.0 Å². The van der Waals surface area contributed by atoms with E-state index in [0.717, 1.165) is 20.6 Å². The second kappa shape index (κ2) is 6.81. The van der Waals surface area contributed by atoms with Gasteiger partial charge in [0.1, 0.15) is 10.8 Å². The Bertz CT molecular complexity index is 789. The average Bonchev–Trinajstić information content (AvgIpc) is 2.99. The normalized spacial score (nSPS) is 10.4. The zero-order valence-electron chi connectivity index (χ0n) is 11.5. The van der Waals surface area contributed by atoms with E-state index in [2.05, 4.69) is 31.2 Å². The van der Waals surface area contributed by atoms with E-state index in [1.165, 1.54) is 11.3 Å². The first-order valence-electron chi connectivity index (χ1n) is 6.61. The number of aromatic nitrogens is 2. The molecule has 2 heterocycles. The molecule has 0 spiro atoms. The van der Waals surface area contributed by atoms with E-state index in [1.54, 1.807) is 12.4 Å². The van der Waals surface area contributed by atoms with Gasteiger partial charge in [0.25, 0.3) is 0 Å². The van der Waals surface area contributed by atoms with Gasteiger partial charge in [-0.2, -0.15) is 0 Å². The second-order valence-electron chi connectivity index (χ2n) is 4.59. The molecule has 3 aromatic rings. The molecule has 22 heavy (non-hydrogen) atoms. The number of amides is 1. The first kappa shape index (κ1) is 14.9. The van der Waals surface area contributed by atoms with Gasteiger partial charge in [-0.1, -0.05) is 34.1 Å². The molecule has 1 N–H and O–H groups in total. The topological polar surface area (TPSA) is 54.9 Å². The van der Waals surface area contributed by atoms with Gasteiger partial charge >= 0.3 is 0 Å². The Morgan fingerprint density at radius 1 is 1.18 bits per heavy atom. The molecule has 3 rings (SSSR count). The molecule has 0 bridgehead atoms. The molecule has 0 aliphatic carbocycles. The Morgan fingerprint density at radius 3 is 2.73 bits per heavy atom. The van der Waals surface area contributed by atoms with Crippen molar-refractivity contribution in [2.75, 3.05) is 5.32 Å². The summed E-state index contributed by atoms with van der Waals surface area (Å²) in [5.74, 6) is 0.493. The Balaban J connectivity index is 1.68. The summed E-state index contributed by atoms with van der Waals surface area (Å²) in [4.78, 5) is 20.5. The highest BCUT2D eigenvalue weighted by Crippen LogP contribution is 2.25. The quantitative estimate of drug-likeness (QED) is 0.747. The lowest BCUT2D eigenvalue weighted by atomic mass is 10.1. The van der Waals surface area contributed by atoms with E-state index in [4.69, 9.17) is 0 Å². The number of rotatable bonds is 4. The molecule has 0 saturated heterocycles. The van der Waals surface area contributed by atoms with Crippen molar-refractivity contribution in [2.45, 2.75) is 6.42 Å². The summed E-state index contributed by atoms with van der Waals surface area (Å²) in [7, 11) is 0. The van der Waals surface area contributed by atoms with Gasteiger partial charge in [0.2, 0.25) is 5.91 Å². The molecule has 0 saturated carbocycles. The lowest BCUT2D eigenvalue weighted by Crippen LogP contribution is -2.14. The van der Waals surface area contributed by atoms with E-state index in [9.17, 15) is 4.79 Å². The Morgan fingerprint density at radius 2 is 1.95 bits per heavy atom. The number of halogens is 1. The van der Waals surface area contributed by atoms with Crippen LogP contribution in [0.15, 0.2) is 58.6 Å². The number of anilines is 1. The number of pyridine rings is 1. The van der Waals surface area contributed by atoms with Gasteiger partial charge in [-0.05, 0) is 23.8 Å². The maximum atomic E-state index is 12.1. The molecule has 110 valence electrons. The molecule has 4 nitrogen and oxygen atoms in total. The first-order valence-corrected chi connectivity index (χ1v) is 8.29. The van der Waals surface area contributed by atoms with Crippen LogP contribution in [0, 0.1) is 0 Å². The molecule has 0 fully saturated rings. The fraction of sp³-hybridized carbons (Fsp3) is 0.0625. The lowest BCUT2D eigenvalue weighted by molar-refractivity contribution is -0.115. The first-order chi connectivity index (χ1) is 10.7. The number of thiazole rings is 1. The highest BCUT2D eigenvalue weighted by Gasteiger charge is 2.10. The van der Waals surface area contributed by atoms with E-state index in [-0.39, 0.29) is 5.91 Å². The number of carbonyl (C=O) groups is 1. The van der Waals surface area contributed by atoms with Gasteiger partial charge in [0.15, 0.2) is 0 Å². The van der Waals surface area contributed by atoms with Crippen LogP contribution in [0.4, 0.5) is 5.82 Å². The molecular weight excluding hydrogens is 362 g/mol. The minimum atomic E-state index is -0.0847. The molecule has 6 heteroatoms. The standard InChI is InChI=1S/C16H12BrN3OS/c17-13-4-2-1-3-12(13)9-15(21)19-14-10-22-16(20-14)11-5-7-18-8-6-11/h1-8,10H,9H2,(H,19,21). The maximum absolute atomic E-state index is 12.1. The van der Waals surface area contributed by atoms with Crippen LogP contribution in [0.25, 0.3) is 10.6 Å². The molecule has 1 aromatic carbocycles. The van der Waals surface area contributed by atoms with Gasteiger partial charge < -0.3 is 5.32 Å². The number of hydrogen-bond acceptors (Lipinski definition) is 4. The fourth-order valence-electron chi connectivity index (χ4n) is 1.96. The third-order valence-corrected chi connectivity index (χ3v) is 4.67. The van der Waals surface area contributed by atoms with Crippen LogP contribution in [0.1, 0.15) is 5.56 Å². The average molecular weight is 374 g/mol. The minimum Gasteiger partial charge on any atom is -0.310 e. The molecule has 0 atom stereocenters. The number of nitrogens with one attached hydrogen (secondary N) is 1. The van der Waals surface area contributed by atoms with E-state index < -0.39 is 0 Å². The van der Waals surface area contributed by atoms with Crippen molar-refractivity contribution in [1.82, 2.24) is 9.97 Å². The van der Waals surface area contributed by atoms with Crippen LogP contribution in [0.5, 0.6) is 0 Å². The largest absolute Gasteiger partial charge is 0.310 e. The van der Waals surface area contributed by atoms with Crippen molar-refractivity contribution in [3.8, 4) is 10.6 Å². The number of benzene rings is 1. The second-order valence-corrected chi connectivity index (χ2v) is 6.30. The zero-order valence-corrected chi connectivity index (χ0v) is 13.9. The van der Waals surface area contributed by atoms with E-state index in [1.807, 2.05) is 41.8 Å². The Kier molecular flexibility index (Phi) is 4.60. The van der Waals surface area contributed by atoms with Crippen LogP contribution < -0.4 is 5.32 Å². The van der Waals surface area contributed by atoms with Crippen LogP contribution in [-0.2, 0) is 11.2 Å². The monoisotopic (exact) mass is 373 g/mol. The Hall–Kier alpha value is -2.05. The van der Waals surface area contributed by atoms with Gasteiger partial charge in [0.05, 0.1) is 6.42 Å². The number of nitrogens with zero attached hydrogens (tertiary/aromatic N) is 2. The summed E-state index contributed by atoms with van der Waals surface area (Å²) in [5.41, 5.74) is 1.94. The number of hydrogen-bond donors (Lipinski definition) is 1. The van der Waals surface area contributed by atoms with Crippen LogP contribution in [0.3, 0.4) is 0 Å². The summed E-state index contributed by atoms with van der Waals surface area (Å²) in [6, 6.07) is 11.5. The highest BCUT2D eigenvalue weighted by atomic mass is 79.9. The van der Waals surface area contributed by atoms with Gasteiger partial charge in [-0.15, -0.1) is 11.3 Å².